The summed E-state index contributed by atoms with van der Waals surface area (Å²) in [6, 6.07) is 1.51. The van der Waals surface area contributed by atoms with Crippen LogP contribution >= 0.6 is 0 Å². The molecule has 1 saturated carbocycles. The zero-order valence-electron chi connectivity index (χ0n) is 8.92. The van der Waals surface area contributed by atoms with Gasteiger partial charge in [0.15, 0.2) is 0 Å². The maximum Gasteiger partial charge on any atom is 1.00 e. The van der Waals surface area contributed by atoms with Crippen LogP contribution in [0.3, 0.4) is 0 Å². The minimum atomic E-state index is 0. The quantitative estimate of drug-likeness (QED) is 0.582. The fourth-order valence-electron chi connectivity index (χ4n) is 1.94. The van der Waals surface area contributed by atoms with Gasteiger partial charge in [0.05, 0.1) is 0 Å². The SMILES string of the molecule is CC1CCNC1CC[N-]C1CC1.[K+]. The smallest absolute Gasteiger partial charge is 0.659 e. The van der Waals surface area contributed by atoms with Gasteiger partial charge >= 0.3 is 51.4 Å². The van der Waals surface area contributed by atoms with Crippen LogP contribution in [0.1, 0.15) is 32.6 Å². The maximum absolute atomic E-state index is 4.59. The van der Waals surface area contributed by atoms with E-state index in [4.69, 9.17) is 0 Å². The number of nitrogens with one attached hydrogen (secondary N) is 1. The van der Waals surface area contributed by atoms with Gasteiger partial charge in [-0.05, 0) is 18.9 Å². The number of hydrogen-bond acceptors (Lipinski definition) is 1. The topological polar surface area (TPSA) is 26.1 Å². The Labute approximate surface area is 124 Å². The molecule has 1 N–H and O–H groups in total. The summed E-state index contributed by atoms with van der Waals surface area (Å²) in [7, 11) is 0. The van der Waals surface area contributed by atoms with E-state index in [0.717, 1.165) is 24.5 Å². The second-order valence-corrected chi connectivity index (χ2v) is 4.25. The average Bonchev–Trinajstić information content (AvgIpc) is 2.78. The van der Waals surface area contributed by atoms with E-state index in [1.165, 1.54) is 32.2 Å². The second kappa shape index (κ2) is 6.21. The van der Waals surface area contributed by atoms with E-state index in [-0.39, 0.29) is 51.4 Å². The molecule has 3 heteroatoms. The molecule has 2 unspecified atom stereocenters. The Morgan fingerprint density at radius 2 is 2.08 bits per heavy atom. The van der Waals surface area contributed by atoms with E-state index in [0.29, 0.717) is 0 Å². The van der Waals surface area contributed by atoms with Gasteiger partial charge in [-0.25, -0.2) is 0 Å². The second-order valence-electron chi connectivity index (χ2n) is 4.25. The predicted molar refractivity (Wildman–Crippen MR) is 51.4 cm³/mol. The first kappa shape index (κ1) is 12.6. The Balaban J connectivity index is 0.000000845. The summed E-state index contributed by atoms with van der Waals surface area (Å²) in [5.74, 6) is 0.874. The summed E-state index contributed by atoms with van der Waals surface area (Å²) in [5, 5.41) is 8.13. The molecule has 1 saturated heterocycles. The van der Waals surface area contributed by atoms with Gasteiger partial charge in [-0.15, -0.1) is 12.6 Å². The van der Waals surface area contributed by atoms with Gasteiger partial charge in [0.25, 0.3) is 0 Å². The molecular formula is C10H19KN2. The summed E-state index contributed by atoms with van der Waals surface area (Å²) in [4.78, 5) is 0. The fourth-order valence-corrected chi connectivity index (χ4v) is 1.94. The van der Waals surface area contributed by atoms with E-state index in [9.17, 15) is 0 Å². The summed E-state index contributed by atoms with van der Waals surface area (Å²) < 4.78 is 0. The Hall–Kier alpha value is 1.56. The molecular weight excluding hydrogens is 187 g/mol. The van der Waals surface area contributed by atoms with Crippen molar-refractivity contribution >= 4 is 0 Å². The minimum Gasteiger partial charge on any atom is -0.659 e. The molecule has 0 amide bonds. The van der Waals surface area contributed by atoms with Gasteiger partial charge in [-0.2, -0.15) is 0 Å². The number of nitrogens with zero attached hydrogens (tertiary/aromatic N) is 1. The Kier molecular flexibility index (Phi) is 6.03. The zero-order valence-corrected chi connectivity index (χ0v) is 12.0. The normalized spacial score (nSPS) is 33.0. The molecule has 0 aromatic rings. The Morgan fingerprint density at radius 3 is 2.62 bits per heavy atom. The molecule has 0 bridgehead atoms. The molecule has 0 radical (unpaired) electrons. The zero-order chi connectivity index (χ0) is 8.39. The van der Waals surface area contributed by atoms with Gasteiger partial charge in [-0.3, -0.25) is 0 Å². The molecule has 1 aliphatic carbocycles. The molecule has 13 heavy (non-hydrogen) atoms. The third-order valence-corrected chi connectivity index (χ3v) is 3.07. The van der Waals surface area contributed by atoms with Gasteiger partial charge in [0.2, 0.25) is 0 Å². The third-order valence-electron chi connectivity index (χ3n) is 3.07. The standard InChI is InChI=1S/C10H19N2.K/c1-8-4-6-12-10(8)5-7-11-9-2-3-9;/h8-10,12H,2-7H2,1H3;/q-1;+1. The molecule has 2 atom stereocenters. The summed E-state index contributed by atoms with van der Waals surface area (Å²) in [6.07, 6.45) is 5.33. The van der Waals surface area contributed by atoms with Gasteiger partial charge in [0.1, 0.15) is 0 Å². The van der Waals surface area contributed by atoms with E-state index < -0.39 is 0 Å². The molecule has 1 heterocycles. The van der Waals surface area contributed by atoms with Crippen LogP contribution in [0.2, 0.25) is 0 Å². The average molecular weight is 206 g/mol. The van der Waals surface area contributed by atoms with Crippen LogP contribution in [0.15, 0.2) is 0 Å². The van der Waals surface area contributed by atoms with Crippen molar-refractivity contribution in [3.63, 3.8) is 0 Å². The largest absolute Gasteiger partial charge is 1.00 e. The summed E-state index contributed by atoms with van der Waals surface area (Å²) in [6.45, 7) is 4.66. The van der Waals surface area contributed by atoms with Crippen LogP contribution in [0.25, 0.3) is 5.32 Å². The van der Waals surface area contributed by atoms with Crippen molar-refractivity contribution in [3.05, 3.63) is 5.32 Å². The van der Waals surface area contributed by atoms with Crippen molar-refractivity contribution in [3.8, 4) is 0 Å². The molecule has 2 nitrogen and oxygen atoms in total. The van der Waals surface area contributed by atoms with Crippen LogP contribution in [0.5, 0.6) is 0 Å². The first-order valence-electron chi connectivity index (χ1n) is 5.26. The Morgan fingerprint density at radius 1 is 1.31 bits per heavy atom. The molecule has 2 fully saturated rings. The van der Waals surface area contributed by atoms with Crippen molar-refractivity contribution in [2.45, 2.75) is 44.7 Å². The molecule has 70 valence electrons. The molecule has 2 rings (SSSR count). The Bertz CT molecular complexity index is 148. The van der Waals surface area contributed by atoms with E-state index in [1.807, 2.05) is 0 Å². The van der Waals surface area contributed by atoms with Crippen LogP contribution < -0.4 is 56.7 Å². The summed E-state index contributed by atoms with van der Waals surface area (Å²) in [5.41, 5.74) is 0. The van der Waals surface area contributed by atoms with Gasteiger partial charge < -0.3 is 10.6 Å². The van der Waals surface area contributed by atoms with Crippen LogP contribution in [0, 0.1) is 5.92 Å². The van der Waals surface area contributed by atoms with E-state index in [1.54, 1.807) is 0 Å². The van der Waals surface area contributed by atoms with Crippen molar-refractivity contribution in [1.82, 2.24) is 5.32 Å². The van der Waals surface area contributed by atoms with E-state index in [2.05, 4.69) is 17.6 Å². The molecule has 1 aliphatic heterocycles. The third kappa shape index (κ3) is 4.28. The predicted octanol–water partition coefficient (Wildman–Crippen LogP) is -1.09. The van der Waals surface area contributed by atoms with Gasteiger partial charge in [0, 0.05) is 6.04 Å². The van der Waals surface area contributed by atoms with Crippen molar-refractivity contribution in [2.24, 2.45) is 5.92 Å². The molecule has 0 aromatic carbocycles. The fraction of sp³-hybridized carbons (Fsp3) is 1.00. The van der Waals surface area contributed by atoms with Crippen molar-refractivity contribution in [1.29, 1.82) is 0 Å². The van der Waals surface area contributed by atoms with Crippen molar-refractivity contribution < 1.29 is 51.4 Å². The summed E-state index contributed by atoms with van der Waals surface area (Å²) >= 11 is 0. The first-order valence-corrected chi connectivity index (χ1v) is 5.26. The number of rotatable bonds is 4. The first-order chi connectivity index (χ1) is 5.86. The minimum absolute atomic E-state index is 0. The van der Waals surface area contributed by atoms with Gasteiger partial charge in [-0.1, -0.05) is 26.2 Å². The van der Waals surface area contributed by atoms with Crippen molar-refractivity contribution in [2.75, 3.05) is 13.1 Å². The van der Waals surface area contributed by atoms with Crippen LogP contribution in [-0.4, -0.2) is 25.2 Å². The van der Waals surface area contributed by atoms with Crippen LogP contribution in [-0.2, 0) is 0 Å². The van der Waals surface area contributed by atoms with E-state index >= 15 is 0 Å². The number of hydrogen-bond donors (Lipinski definition) is 1. The molecule has 2 aliphatic rings. The molecule has 0 aromatic heterocycles. The monoisotopic (exact) mass is 206 g/mol. The van der Waals surface area contributed by atoms with Crippen LogP contribution in [0.4, 0.5) is 0 Å². The maximum atomic E-state index is 4.59. The molecule has 0 spiro atoms.